The normalized spacial score (nSPS) is 14.0. The topological polar surface area (TPSA) is 73.9 Å². The summed E-state index contributed by atoms with van der Waals surface area (Å²) >= 11 is 1.61. The summed E-state index contributed by atoms with van der Waals surface area (Å²) in [4.78, 5) is 29.4. The van der Waals surface area contributed by atoms with E-state index < -0.39 is 0 Å². The first kappa shape index (κ1) is 19.0. The van der Waals surface area contributed by atoms with Gasteiger partial charge in [-0.25, -0.2) is 4.98 Å². The number of aromatic amines is 1. The van der Waals surface area contributed by atoms with Crippen molar-refractivity contribution in [2.75, 3.05) is 13.1 Å². The van der Waals surface area contributed by atoms with Gasteiger partial charge in [0.25, 0.3) is 5.91 Å². The molecule has 1 aromatic carbocycles. The third kappa shape index (κ3) is 4.13. The van der Waals surface area contributed by atoms with E-state index in [9.17, 15) is 4.79 Å². The lowest BCUT2D eigenvalue weighted by atomic mass is 10.1. The summed E-state index contributed by atoms with van der Waals surface area (Å²) in [7, 11) is 0. The van der Waals surface area contributed by atoms with E-state index >= 15 is 0 Å². The minimum atomic E-state index is -0.0196. The van der Waals surface area contributed by atoms with Crippen LogP contribution in [-0.2, 0) is 25.9 Å². The smallest absolute Gasteiger partial charge is 0.261 e. The number of nitrogens with one attached hydrogen (secondary N) is 2. The third-order valence-corrected chi connectivity index (χ3v) is 6.61. The van der Waals surface area contributed by atoms with Gasteiger partial charge < -0.3 is 10.3 Å². The Morgan fingerprint density at radius 1 is 1.20 bits per heavy atom. The van der Waals surface area contributed by atoms with Crippen LogP contribution in [0.3, 0.4) is 0 Å². The predicted molar refractivity (Wildman–Crippen MR) is 119 cm³/mol. The highest BCUT2D eigenvalue weighted by Crippen LogP contribution is 2.28. The minimum Gasteiger partial charge on any atom is -0.346 e. The van der Waals surface area contributed by atoms with Gasteiger partial charge >= 0.3 is 0 Å². The summed E-state index contributed by atoms with van der Waals surface area (Å²) < 4.78 is 0. The van der Waals surface area contributed by atoms with Gasteiger partial charge in [-0.3, -0.25) is 14.7 Å². The van der Waals surface area contributed by atoms with Crippen LogP contribution in [-0.4, -0.2) is 38.8 Å². The highest BCUT2D eigenvalue weighted by Gasteiger charge is 2.21. The molecule has 0 fully saturated rings. The predicted octanol–water partition coefficient (Wildman–Crippen LogP) is 3.55. The van der Waals surface area contributed by atoms with E-state index in [1.807, 2.05) is 36.4 Å². The van der Waals surface area contributed by atoms with Crippen molar-refractivity contribution in [2.24, 2.45) is 0 Å². The van der Waals surface area contributed by atoms with Crippen LogP contribution in [0, 0.1) is 0 Å². The van der Waals surface area contributed by atoms with Gasteiger partial charge in [0.05, 0.1) is 28.1 Å². The number of hydrogen-bond donors (Lipinski definition) is 2. The largest absolute Gasteiger partial charge is 0.346 e. The molecule has 0 spiro atoms. The number of carbonyl (C=O) groups is 1. The number of pyridine rings is 1. The van der Waals surface area contributed by atoms with Crippen molar-refractivity contribution in [2.45, 2.75) is 25.9 Å². The van der Waals surface area contributed by atoms with Crippen LogP contribution in [0.1, 0.15) is 31.6 Å². The van der Waals surface area contributed by atoms with Gasteiger partial charge in [-0.2, -0.15) is 0 Å². The van der Waals surface area contributed by atoms with E-state index in [4.69, 9.17) is 0 Å². The average molecular weight is 418 g/mol. The van der Waals surface area contributed by atoms with Crippen molar-refractivity contribution in [3.05, 3.63) is 81.6 Å². The summed E-state index contributed by atoms with van der Waals surface area (Å²) in [6.45, 7) is 3.32. The molecule has 152 valence electrons. The Hall–Kier alpha value is -3.03. The lowest BCUT2D eigenvalue weighted by Gasteiger charge is -2.26. The molecule has 1 aliphatic heterocycles. The van der Waals surface area contributed by atoms with E-state index in [-0.39, 0.29) is 5.91 Å². The Labute approximate surface area is 179 Å². The fourth-order valence-corrected chi connectivity index (χ4v) is 4.99. The van der Waals surface area contributed by atoms with Gasteiger partial charge in [-0.1, -0.05) is 18.2 Å². The molecule has 0 unspecified atom stereocenters. The minimum absolute atomic E-state index is 0.0196. The number of imidazole rings is 1. The first-order valence-electron chi connectivity index (χ1n) is 10.2. The van der Waals surface area contributed by atoms with Gasteiger partial charge in [-0.15, -0.1) is 11.3 Å². The van der Waals surface area contributed by atoms with E-state index in [0.29, 0.717) is 6.54 Å². The van der Waals surface area contributed by atoms with Gasteiger partial charge in [0, 0.05) is 37.1 Å². The molecule has 4 heterocycles. The Balaban J connectivity index is 1.18. The fourth-order valence-electron chi connectivity index (χ4n) is 3.82. The van der Waals surface area contributed by atoms with Gasteiger partial charge in [0.2, 0.25) is 0 Å². The molecular formula is C23H23N5OS. The van der Waals surface area contributed by atoms with E-state index in [2.05, 4.69) is 37.3 Å². The highest BCUT2D eigenvalue weighted by molar-refractivity contribution is 7.14. The molecule has 4 aromatic rings. The van der Waals surface area contributed by atoms with Crippen LogP contribution >= 0.6 is 11.3 Å². The molecule has 7 heteroatoms. The first-order valence-corrected chi connectivity index (χ1v) is 11.0. The van der Waals surface area contributed by atoms with Crippen LogP contribution in [0.25, 0.3) is 11.0 Å². The maximum Gasteiger partial charge on any atom is 0.261 e. The van der Waals surface area contributed by atoms with Crippen molar-refractivity contribution in [3.8, 4) is 0 Å². The number of nitrogens with zero attached hydrogens (tertiary/aromatic N) is 3. The van der Waals surface area contributed by atoms with Gasteiger partial charge in [-0.05, 0) is 42.3 Å². The standard InChI is InChI=1S/C23H23N5OS/c29-23(25-14-17-5-3-4-10-24-17)20-13-16-8-11-28(15-21(16)30-20)12-9-22-26-18-6-1-2-7-19(18)27-22/h1-7,10,13H,8-9,11-12,14-15H2,(H,25,29)(H,26,27). The molecule has 0 saturated carbocycles. The van der Waals surface area contributed by atoms with Crippen LogP contribution in [0.5, 0.6) is 0 Å². The van der Waals surface area contributed by atoms with Crippen molar-refractivity contribution < 1.29 is 4.79 Å². The second-order valence-electron chi connectivity index (χ2n) is 7.54. The fraction of sp³-hybridized carbons (Fsp3) is 0.261. The maximum absolute atomic E-state index is 12.6. The average Bonchev–Trinajstić information content (AvgIpc) is 3.40. The Kier molecular flexibility index (Phi) is 5.29. The summed E-state index contributed by atoms with van der Waals surface area (Å²) in [6, 6.07) is 15.9. The number of thiophene rings is 1. The lowest BCUT2D eigenvalue weighted by molar-refractivity contribution is 0.0954. The van der Waals surface area contributed by atoms with E-state index in [1.165, 1.54) is 10.4 Å². The summed E-state index contributed by atoms with van der Waals surface area (Å²) in [5, 5.41) is 2.98. The summed E-state index contributed by atoms with van der Waals surface area (Å²) in [6.07, 6.45) is 3.62. The number of para-hydroxylation sites is 2. The number of rotatable bonds is 6. The summed E-state index contributed by atoms with van der Waals surface area (Å²) in [5.74, 6) is 1.01. The molecule has 1 amide bonds. The highest BCUT2D eigenvalue weighted by atomic mass is 32.1. The molecule has 0 aliphatic carbocycles. The van der Waals surface area contributed by atoms with Crippen molar-refractivity contribution >= 4 is 28.3 Å². The van der Waals surface area contributed by atoms with Crippen LogP contribution in [0.2, 0.25) is 0 Å². The molecular weight excluding hydrogens is 394 g/mol. The Morgan fingerprint density at radius 2 is 2.10 bits per heavy atom. The molecule has 0 saturated heterocycles. The zero-order valence-electron chi connectivity index (χ0n) is 16.6. The quantitative estimate of drug-likeness (QED) is 0.503. The molecule has 2 N–H and O–H groups in total. The van der Waals surface area contributed by atoms with Crippen molar-refractivity contribution in [1.29, 1.82) is 0 Å². The molecule has 0 bridgehead atoms. The second-order valence-corrected chi connectivity index (χ2v) is 8.68. The van der Waals surface area contributed by atoms with Crippen LogP contribution in [0.4, 0.5) is 0 Å². The van der Waals surface area contributed by atoms with Crippen LogP contribution in [0.15, 0.2) is 54.7 Å². The molecule has 30 heavy (non-hydrogen) atoms. The number of amides is 1. The number of hydrogen-bond acceptors (Lipinski definition) is 5. The number of fused-ring (bicyclic) bond motifs is 2. The van der Waals surface area contributed by atoms with Gasteiger partial charge in [0.1, 0.15) is 5.82 Å². The second kappa shape index (κ2) is 8.38. The van der Waals surface area contributed by atoms with Crippen molar-refractivity contribution in [3.63, 3.8) is 0 Å². The van der Waals surface area contributed by atoms with E-state index in [1.54, 1.807) is 17.5 Å². The number of H-pyrrole nitrogens is 1. The number of aromatic nitrogens is 3. The SMILES string of the molecule is O=C(NCc1ccccn1)c1cc2c(s1)CN(CCc1nc3ccccc3[nH]1)CC2. The zero-order valence-corrected chi connectivity index (χ0v) is 17.4. The first-order chi connectivity index (χ1) is 14.7. The number of benzene rings is 1. The van der Waals surface area contributed by atoms with Crippen molar-refractivity contribution in [1.82, 2.24) is 25.2 Å². The Bertz CT molecular complexity index is 1130. The molecule has 0 radical (unpaired) electrons. The Morgan fingerprint density at radius 3 is 2.97 bits per heavy atom. The zero-order chi connectivity index (χ0) is 20.3. The molecule has 3 aromatic heterocycles. The third-order valence-electron chi connectivity index (χ3n) is 5.44. The van der Waals surface area contributed by atoms with E-state index in [0.717, 1.165) is 59.9 Å². The van der Waals surface area contributed by atoms with Gasteiger partial charge in [0.15, 0.2) is 0 Å². The lowest BCUT2D eigenvalue weighted by Crippen LogP contribution is -2.31. The molecule has 5 rings (SSSR count). The van der Waals surface area contributed by atoms with Crippen LogP contribution < -0.4 is 5.32 Å². The molecule has 6 nitrogen and oxygen atoms in total. The monoisotopic (exact) mass is 417 g/mol. The molecule has 1 aliphatic rings. The number of carbonyl (C=O) groups excluding carboxylic acids is 1. The summed E-state index contributed by atoms with van der Waals surface area (Å²) in [5.41, 5.74) is 4.29. The maximum atomic E-state index is 12.6. The molecule has 0 atom stereocenters.